The van der Waals surface area contributed by atoms with Gasteiger partial charge in [0.25, 0.3) is 0 Å². The molecule has 0 aliphatic rings. The fourth-order valence-electron chi connectivity index (χ4n) is 2.68. The van der Waals surface area contributed by atoms with Gasteiger partial charge in [0, 0.05) is 11.4 Å². The summed E-state index contributed by atoms with van der Waals surface area (Å²) in [6.07, 6.45) is 0. The van der Waals surface area contributed by atoms with Gasteiger partial charge in [0.15, 0.2) is 0 Å². The molecule has 0 unspecified atom stereocenters. The maximum absolute atomic E-state index is 12.1. The summed E-state index contributed by atoms with van der Waals surface area (Å²) in [4.78, 5) is 24.2. The molecule has 0 aliphatic carbocycles. The van der Waals surface area contributed by atoms with Crippen LogP contribution in [0.25, 0.3) is 0 Å². The molecule has 5 nitrogen and oxygen atoms in total. The van der Waals surface area contributed by atoms with Gasteiger partial charge in [-0.3, -0.25) is 9.59 Å². The van der Waals surface area contributed by atoms with Gasteiger partial charge in [-0.2, -0.15) is 0 Å². The lowest BCUT2D eigenvalue weighted by molar-refractivity contribution is -0.114. The first-order valence-electron chi connectivity index (χ1n) is 9.57. The van der Waals surface area contributed by atoms with Crippen LogP contribution >= 0.6 is 11.8 Å². The molecule has 0 radical (unpaired) electrons. The van der Waals surface area contributed by atoms with Crippen molar-refractivity contribution in [3.63, 3.8) is 0 Å². The first-order chi connectivity index (χ1) is 14.5. The van der Waals surface area contributed by atoms with Crippen molar-refractivity contribution in [1.29, 1.82) is 0 Å². The third-order valence-corrected chi connectivity index (χ3v) is 5.31. The topological polar surface area (TPSA) is 67.4 Å². The summed E-state index contributed by atoms with van der Waals surface area (Å²) in [5.41, 5.74) is 3.75. The molecule has 30 heavy (non-hydrogen) atoms. The van der Waals surface area contributed by atoms with Crippen LogP contribution in [0.4, 0.5) is 11.4 Å². The van der Waals surface area contributed by atoms with Gasteiger partial charge >= 0.3 is 0 Å². The van der Waals surface area contributed by atoms with Gasteiger partial charge in [0.1, 0.15) is 11.5 Å². The molecule has 0 fully saturated rings. The molecule has 0 spiro atoms. The van der Waals surface area contributed by atoms with Crippen LogP contribution in [0.5, 0.6) is 11.5 Å². The summed E-state index contributed by atoms with van der Waals surface area (Å²) >= 11 is 1.27. The predicted molar refractivity (Wildman–Crippen MR) is 123 cm³/mol. The van der Waals surface area contributed by atoms with E-state index in [0.717, 1.165) is 17.0 Å². The van der Waals surface area contributed by atoms with Crippen molar-refractivity contribution >= 4 is 35.0 Å². The van der Waals surface area contributed by atoms with E-state index in [4.69, 9.17) is 4.74 Å². The summed E-state index contributed by atoms with van der Waals surface area (Å²) in [6.45, 7) is 4.03. The van der Waals surface area contributed by atoms with Crippen LogP contribution in [0.1, 0.15) is 11.1 Å². The Morgan fingerprint density at radius 2 is 1.30 bits per heavy atom. The molecule has 0 saturated heterocycles. The predicted octanol–water partition coefficient (Wildman–Crippen LogP) is 5.41. The highest BCUT2D eigenvalue weighted by molar-refractivity contribution is 8.00. The zero-order chi connectivity index (χ0) is 21.3. The van der Waals surface area contributed by atoms with E-state index >= 15 is 0 Å². The zero-order valence-electron chi connectivity index (χ0n) is 17.0. The number of nitrogens with one attached hydrogen (secondary N) is 2. The molecular formula is C24H24N2O3S. The van der Waals surface area contributed by atoms with Crippen LogP contribution in [0.15, 0.2) is 72.8 Å². The van der Waals surface area contributed by atoms with E-state index in [2.05, 4.69) is 10.6 Å². The minimum absolute atomic E-state index is 0.126. The van der Waals surface area contributed by atoms with E-state index in [0.29, 0.717) is 11.4 Å². The maximum Gasteiger partial charge on any atom is 0.234 e. The van der Waals surface area contributed by atoms with Crippen LogP contribution in [0, 0.1) is 13.8 Å². The molecule has 0 aliphatic heterocycles. The minimum Gasteiger partial charge on any atom is -0.457 e. The highest BCUT2D eigenvalue weighted by atomic mass is 32.2. The van der Waals surface area contributed by atoms with Crippen molar-refractivity contribution in [3.8, 4) is 11.5 Å². The highest BCUT2D eigenvalue weighted by Crippen LogP contribution is 2.22. The second kappa shape index (κ2) is 10.5. The fraction of sp³-hybridized carbons (Fsp3) is 0.167. The van der Waals surface area contributed by atoms with E-state index < -0.39 is 0 Å². The number of para-hydroxylation sites is 1. The Kier molecular flexibility index (Phi) is 7.51. The summed E-state index contributed by atoms with van der Waals surface area (Å²) in [5.74, 6) is 1.57. The van der Waals surface area contributed by atoms with E-state index in [-0.39, 0.29) is 23.3 Å². The lowest BCUT2D eigenvalue weighted by atomic mass is 10.1. The van der Waals surface area contributed by atoms with Crippen LogP contribution < -0.4 is 15.4 Å². The number of rotatable bonds is 8. The second-order valence-electron chi connectivity index (χ2n) is 6.83. The third kappa shape index (κ3) is 6.67. The average Bonchev–Trinajstić information content (AvgIpc) is 2.73. The van der Waals surface area contributed by atoms with E-state index in [1.165, 1.54) is 17.3 Å². The van der Waals surface area contributed by atoms with E-state index in [1.54, 1.807) is 24.3 Å². The molecule has 2 amide bonds. The molecule has 6 heteroatoms. The van der Waals surface area contributed by atoms with Gasteiger partial charge < -0.3 is 15.4 Å². The van der Waals surface area contributed by atoms with Gasteiger partial charge in [-0.25, -0.2) is 0 Å². The lowest BCUT2D eigenvalue weighted by Crippen LogP contribution is -2.18. The number of amides is 2. The van der Waals surface area contributed by atoms with Crippen molar-refractivity contribution in [2.45, 2.75) is 13.8 Å². The Morgan fingerprint density at radius 1 is 0.733 bits per heavy atom. The van der Waals surface area contributed by atoms with Crippen LogP contribution in [0.3, 0.4) is 0 Å². The molecule has 0 bridgehead atoms. The van der Waals surface area contributed by atoms with Crippen molar-refractivity contribution < 1.29 is 14.3 Å². The van der Waals surface area contributed by atoms with Crippen molar-refractivity contribution in [2.24, 2.45) is 0 Å². The van der Waals surface area contributed by atoms with E-state index in [9.17, 15) is 9.59 Å². The third-order valence-electron chi connectivity index (χ3n) is 4.37. The molecule has 0 saturated carbocycles. The molecule has 3 aromatic carbocycles. The molecular weight excluding hydrogens is 396 g/mol. The SMILES string of the molecule is Cc1ccc(NC(=O)CSCC(=O)Nc2ccc(Oc3ccccc3)cc2)cc1C. The van der Waals surface area contributed by atoms with Gasteiger partial charge in [0.2, 0.25) is 11.8 Å². The molecule has 0 atom stereocenters. The number of ether oxygens (including phenoxy) is 1. The largest absolute Gasteiger partial charge is 0.457 e. The summed E-state index contributed by atoms with van der Waals surface area (Å²) in [5, 5.41) is 5.68. The number of hydrogen-bond donors (Lipinski definition) is 2. The number of benzene rings is 3. The van der Waals surface area contributed by atoms with Gasteiger partial charge in [-0.1, -0.05) is 24.3 Å². The molecule has 0 heterocycles. The summed E-state index contributed by atoms with van der Waals surface area (Å²) in [7, 11) is 0. The Balaban J connectivity index is 1.39. The smallest absolute Gasteiger partial charge is 0.234 e. The maximum atomic E-state index is 12.1. The first-order valence-corrected chi connectivity index (χ1v) is 10.7. The normalized spacial score (nSPS) is 10.3. The van der Waals surface area contributed by atoms with Crippen LogP contribution in [-0.2, 0) is 9.59 Å². The Labute approximate surface area is 180 Å². The van der Waals surface area contributed by atoms with Crippen molar-refractivity contribution in [2.75, 3.05) is 22.1 Å². The number of anilines is 2. The molecule has 3 aromatic rings. The minimum atomic E-state index is -0.157. The van der Waals surface area contributed by atoms with Crippen molar-refractivity contribution in [1.82, 2.24) is 0 Å². The number of thioether (sulfide) groups is 1. The van der Waals surface area contributed by atoms with Gasteiger partial charge in [0.05, 0.1) is 11.5 Å². The molecule has 2 N–H and O–H groups in total. The molecule has 3 rings (SSSR count). The Morgan fingerprint density at radius 3 is 1.93 bits per heavy atom. The Bertz CT molecular complexity index is 1000. The van der Waals surface area contributed by atoms with Crippen molar-refractivity contribution in [3.05, 3.63) is 83.9 Å². The highest BCUT2D eigenvalue weighted by Gasteiger charge is 2.07. The number of aryl methyl sites for hydroxylation is 2. The number of carbonyl (C=O) groups excluding carboxylic acids is 2. The zero-order valence-corrected chi connectivity index (χ0v) is 17.8. The second-order valence-corrected chi connectivity index (χ2v) is 7.81. The standard InChI is InChI=1S/C24H24N2O3S/c1-17-8-9-20(14-18(17)2)26-24(28)16-30-15-23(27)25-19-10-12-22(13-11-19)29-21-6-4-3-5-7-21/h3-14H,15-16H2,1-2H3,(H,25,27)(H,26,28). The fourth-order valence-corrected chi connectivity index (χ4v) is 3.30. The van der Waals surface area contributed by atoms with E-state index in [1.807, 2.05) is 62.4 Å². The summed E-state index contributed by atoms with van der Waals surface area (Å²) < 4.78 is 5.73. The summed E-state index contributed by atoms with van der Waals surface area (Å²) in [6, 6.07) is 22.5. The van der Waals surface area contributed by atoms with Crippen LogP contribution in [0.2, 0.25) is 0 Å². The average molecular weight is 421 g/mol. The molecule has 154 valence electrons. The van der Waals surface area contributed by atoms with Gasteiger partial charge in [-0.05, 0) is 73.5 Å². The van der Waals surface area contributed by atoms with Gasteiger partial charge in [-0.15, -0.1) is 11.8 Å². The number of carbonyl (C=O) groups is 2. The first kappa shape index (κ1) is 21.5. The van der Waals surface area contributed by atoms with Crippen LogP contribution in [-0.4, -0.2) is 23.3 Å². The molecule has 0 aromatic heterocycles. The Hall–Kier alpha value is -3.25. The quantitative estimate of drug-likeness (QED) is 0.512. The number of hydrogen-bond acceptors (Lipinski definition) is 4. The lowest BCUT2D eigenvalue weighted by Gasteiger charge is -2.09. The monoisotopic (exact) mass is 420 g/mol.